The molecule has 9 nitrogen and oxygen atoms in total. The van der Waals surface area contributed by atoms with Crippen LogP contribution >= 0.6 is 0 Å². The van der Waals surface area contributed by atoms with Crippen LogP contribution in [0.5, 0.6) is 0 Å². The van der Waals surface area contributed by atoms with Gasteiger partial charge in [-0.05, 0) is 45.6 Å². The Hall–Kier alpha value is -2.56. The topological polar surface area (TPSA) is 136 Å². The minimum absolute atomic E-state index is 0.0178. The number of rotatable bonds is 4. The first-order valence-electron chi connectivity index (χ1n) is 10.8. The second kappa shape index (κ2) is 7.23. The number of anilines is 1. The Bertz CT molecular complexity index is 1280. The van der Waals surface area contributed by atoms with Crippen molar-refractivity contribution in [3.8, 4) is 11.1 Å². The largest absolute Gasteiger partial charge is 0.384 e. The maximum absolute atomic E-state index is 12.7. The van der Waals surface area contributed by atoms with Gasteiger partial charge in [-0.15, -0.1) is 0 Å². The summed E-state index contributed by atoms with van der Waals surface area (Å²) >= 11 is 0. The number of aliphatic hydroxyl groups is 1. The van der Waals surface area contributed by atoms with Gasteiger partial charge in [-0.3, -0.25) is 4.98 Å². The molecule has 2 aliphatic rings. The van der Waals surface area contributed by atoms with Gasteiger partial charge in [0, 0.05) is 41.6 Å². The van der Waals surface area contributed by atoms with Crippen LogP contribution in [0.2, 0.25) is 0 Å². The highest BCUT2D eigenvalue weighted by molar-refractivity contribution is 7.91. The summed E-state index contributed by atoms with van der Waals surface area (Å²) < 4.78 is 26.9. The van der Waals surface area contributed by atoms with Crippen LogP contribution in [0.25, 0.3) is 16.8 Å². The summed E-state index contributed by atoms with van der Waals surface area (Å²) in [5.74, 6) is 0.106. The monoisotopic (exact) mass is 456 g/mol. The Morgan fingerprint density at radius 1 is 1.19 bits per heavy atom. The lowest BCUT2D eigenvalue weighted by Gasteiger charge is -2.30. The summed E-state index contributed by atoms with van der Waals surface area (Å²) in [5, 5.41) is 18.1. The molecule has 0 aliphatic carbocycles. The molecular weight excluding hydrogens is 428 g/mol. The van der Waals surface area contributed by atoms with Crippen molar-refractivity contribution in [3.05, 3.63) is 35.9 Å². The average molecular weight is 457 g/mol. The SMILES string of the molecule is CC(C)(O)c1ccc(-c2cnn3c(N)c(S(C)(=O)=O)c(C4CC5CCC(C4)N5)nc23)cn1. The van der Waals surface area contributed by atoms with Crippen LogP contribution in [0, 0.1) is 0 Å². The van der Waals surface area contributed by atoms with Crippen molar-refractivity contribution in [2.24, 2.45) is 0 Å². The molecule has 5 rings (SSSR count). The third-order valence-corrected chi connectivity index (χ3v) is 7.76. The zero-order chi connectivity index (χ0) is 22.8. The molecular formula is C22H28N6O3S. The summed E-state index contributed by atoms with van der Waals surface area (Å²) in [6.07, 6.45) is 8.35. The highest BCUT2D eigenvalue weighted by atomic mass is 32.2. The van der Waals surface area contributed by atoms with Gasteiger partial charge in [0.15, 0.2) is 15.5 Å². The number of nitrogens with one attached hydrogen (secondary N) is 1. The van der Waals surface area contributed by atoms with Crippen LogP contribution < -0.4 is 11.1 Å². The van der Waals surface area contributed by atoms with E-state index in [0.29, 0.717) is 34.7 Å². The van der Waals surface area contributed by atoms with E-state index in [1.165, 1.54) is 10.8 Å². The van der Waals surface area contributed by atoms with Crippen LogP contribution in [0.4, 0.5) is 5.82 Å². The number of aromatic nitrogens is 4. The Morgan fingerprint density at radius 2 is 1.88 bits per heavy atom. The predicted molar refractivity (Wildman–Crippen MR) is 121 cm³/mol. The Kier molecular flexibility index (Phi) is 4.81. The molecule has 0 saturated carbocycles. The van der Waals surface area contributed by atoms with Crippen LogP contribution in [-0.4, -0.2) is 51.4 Å². The fraction of sp³-hybridized carbons (Fsp3) is 0.500. The lowest BCUT2D eigenvalue weighted by atomic mass is 9.89. The van der Waals surface area contributed by atoms with E-state index >= 15 is 0 Å². The van der Waals surface area contributed by atoms with E-state index in [9.17, 15) is 13.5 Å². The molecule has 2 atom stereocenters. The number of fused-ring (bicyclic) bond motifs is 3. The number of nitrogens with zero attached hydrogens (tertiary/aromatic N) is 4. The van der Waals surface area contributed by atoms with Crippen molar-refractivity contribution in [2.75, 3.05) is 12.0 Å². The maximum Gasteiger partial charge on any atom is 0.180 e. The van der Waals surface area contributed by atoms with Gasteiger partial charge in [-0.25, -0.2) is 13.4 Å². The third-order valence-electron chi connectivity index (χ3n) is 6.60. The van der Waals surface area contributed by atoms with Gasteiger partial charge in [0.1, 0.15) is 16.3 Å². The first kappa shape index (κ1) is 21.3. The summed E-state index contributed by atoms with van der Waals surface area (Å²) in [7, 11) is -3.61. The standard InChI is InChI=1S/C22H28N6O3S/c1-22(2,29)17-7-4-12(10-24-17)16-11-25-28-20(23)19(32(3,30)31)18(27-21(16)28)13-8-14-5-6-15(9-13)26-14/h4,7,10-11,13-15,26,29H,5-6,8-9,23H2,1-3H3. The number of sulfone groups is 1. The molecule has 0 spiro atoms. The minimum Gasteiger partial charge on any atom is -0.384 e. The van der Waals surface area contributed by atoms with Crippen molar-refractivity contribution in [1.82, 2.24) is 24.9 Å². The molecule has 3 aromatic heterocycles. The normalized spacial score (nSPS) is 23.7. The molecule has 0 radical (unpaired) electrons. The van der Waals surface area contributed by atoms with Crippen LogP contribution in [-0.2, 0) is 15.4 Å². The van der Waals surface area contributed by atoms with Crippen molar-refractivity contribution >= 4 is 21.3 Å². The van der Waals surface area contributed by atoms with E-state index in [4.69, 9.17) is 10.7 Å². The molecule has 2 saturated heterocycles. The number of pyridine rings is 1. The molecule has 5 heterocycles. The van der Waals surface area contributed by atoms with E-state index < -0.39 is 15.4 Å². The number of hydrogen-bond acceptors (Lipinski definition) is 8. The molecule has 170 valence electrons. The van der Waals surface area contributed by atoms with Gasteiger partial charge >= 0.3 is 0 Å². The molecule has 32 heavy (non-hydrogen) atoms. The van der Waals surface area contributed by atoms with E-state index in [-0.39, 0.29) is 16.6 Å². The van der Waals surface area contributed by atoms with Gasteiger partial charge in [0.2, 0.25) is 0 Å². The predicted octanol–water partition coefficient (Wildman–Crippen LogP) is 2.00. The lowest BCUT2D eigenvalue weighted by Crippen LogP contribution is -2.38. The van der Waals surface area contributed by atoms with E-state index in [1.807, 2.05) is 6.07 Å². The molecule has 0 aromatic carbocycles. The van der Waals surface area contributed by atoms with Crippen LogP contribution in [0.1, 0.15) is 56.8 Å². The smallest absolute Gasteiger partial charge is 0.180 e. The third kappa shape index (κ3) is 3.56. The summed E-state index contributed by atoms with van der Waals surface area (Å²) in [6, 6.07) is 4.38. The lowest BCUT2D eigenvalue weighted by molar-refractivity contribution is 0.0739. The molecule has 10 heteroatoms. The fourth-order valence-electron chi connectivity index (χ4n) is 5.07. The summed E-state index contributed by atoms with van der Waals surface area (Å²) in [6.45, 7) is 3.36. The van der Waals surface area contributed by atoms with Crippen LogP contribution in [0.15, 0.2) is 29.4 Å². The maximum atomic E-state index is 12.7. The quantitative estimate of drug-likeness (QED) is 0.542. The van der Waals surface area contributed by atoms with E-state index in [2.05, 4.69) is 15.4 Å². The highest BCUT2D eigenvalue weighted by Gasteiger charge is 2.38. The number of hydrogen-bond donors (Lipinski definition) is 3. The minimum atomic E-state index is -3.61. The molecule has 2 unspecified atom stereocenters. The van der Waals surface area contributed by atoms with Gasteiger partial charge in [0.25, 0.3) is 0 Å². The van der Waals surface area contributed by atoms with Crippen molar-refractivity contribution < 1.29 is 13.5 Å². The number of piperidine rings is 1. The highest BCUT2D eigenvalue weighted by Crippen LogP contribution is 2.41. The second-order valence-corrected chi connectivity index (χ2v) is 11.5. The molecule has 2 bridgehead atoms. The first-order chi connectivity index (χ1) is 15.0. The molecule has 3 aromatic rings. The molecule has 0 amide bonds. The zero-order valence-electron chi connectivity index (χ0n) is 18.4. The fourth-order valence-corrected chi connectivity index (χ4v) is 6.13. The Labute approximate surface area is 187 Å². The van der Waals surface area contributed by atoms with Crippen molar-refractivity contribution in [3.63, 3.8) is 0 Å². The van der Waals surface area contributed by atoms with E-state index in [0.717, 1.165) is 31.2 Å². The Balaban J connectivity index is 1.67. The van der Waals surface area contributed by atoms with Crippen LogP contribution in [0.3, 0.4) is 0 Å². The Morgan fingerprint density at radius 3 is 2.44 bits per heavy atom. The molecule has 2 aliphatic heterocycles. The zero-order valence-corrected chi connectivity index (χ0v) is 19.2. The number of nitrogens with two attached hydrogens (primary N) is 1. The van der Waals surface area contributed by atoms with Gasteiger partial charge in [0.05, 0.1) is 17.6 Å². The van der Waals surface area contributed by atoms with Gasteiger partial charge in [-0.2, -0.15) is 9.61 Å². The average Bonchev–Trinajstić information content (AvgIpc) is 3.29. The van der Waals surface area contributed by atoms with E-state index in [1.54, 1.807) is 32.3 Å². The second-order valence-electron chi connectivity index (χ2n) is 9.57. The van der Waals surface area contributed by atoms with Crippen molar-refractivity contribution in [2.45, 2.75) is 68.0 Å². The van der Waals surface area contributed by atoms with Gasteiger partial charge in [-0.1, -0.05) is 6.07 Å². The molecule has 4 N–H and O–H groups in total. The van der Waals surface area contributed by atoms with Crippen molar-refractivity contribution in [1.29, 1.82) is 0 Å². The summed E-state index contributed by atoms with van der Waals surface area (Å²) in [5.41, 5.74) is 8.42. The molecule has 2 fully saturated rings. The van der Waals surface area contributed by atoms with Gasteiger partial charge < -0.3 is 16.2 Å². The number of nitrogen functional groups attached to an aromatic ring is 1. The first-order valence-corrected chi connectivity index (χ1v) is 12.7. The summed E-state index contributed by atoms with van der Waals surface area (Å²) in [4.78, 5) is 9.33.